The normalized spacial score (nSPS) is 21.3. The zero-order chi connectivity index (χ0) is 35.7. The lowest BCUT2D eigenvalue weighted by Gasteiger charge is -2.49. The van der Waals surface area contributed by atoms with Gasteiger partial charge in [0.05, 0.1) is 52.0 Å². The predicted octanol–water partition coefficient (Wildman–Crippen LogP) is 6.89. The highest BCUT2D eigenvalue weighted by atomic mass is 32.2. The van der Waals surface area contributed by atoms with Gasteiger partial charge in [0, 0.05) is 23.6 Å². The van der Waals surface area contributed by atoms with Gasteiger partial charge in [-0.15, -0.1) is 11.3 Å². The van der Waals surface area contributed by atoms with Crippen LogP contribution in [0.25, 0.3) is 10.1 Å². The summed E-state index contributed by atoms with van der Waals surface area (Å²) in [6.07, 6.45) is -3.97. The summed E-state index contributed by atoms with van der Waals surface area (Å²) in [4.78, 5) is 2.39. The summed E-state index contributed by atoms with van der Waals surface area (Å²) in [6.45, 7) is 2.09. The molecule has 0 radical (unpaired) electrons. The molecule has 1 aliphatic carbocycles. The Balaban J connectivity index is 1.15. The number of alkyl halides is 6. The van der Waals surface area contributed by atoms with E-state index < -0.39 is 46.0 Å². The van der Waals surface area contributed by atoms with Crippen molar-refractivity contribution in [2.45, 2.75) is 74.3 Å². The van der Waals surface area contributed by atoms with E-state index in [9.17, 15) is 34.8 Å². The Morgan fingerprint density at radius 1 is 1.00 bits per heavy atom. The second-order valence-corrected chi connectivity index (χ2v) is 15.9. The lowest BCUT2D eigenvalue weighted by molar-refractivity contribution is -0.153. The van der Waals surface area contributed by atoms with E-state index in [1.54, 1.807) is 12.1 Å². The topological polar surface area (TPSA) is 106 Å². The number of benzene rings is 2. The van der Waals surface area contributed by atoms with Crippen LogP contribution < -0.4 is 20.5 Å². The minimum absolute atomic E-state index is 0.00109. The van der Waals surface area contributed by atoms with Crippen molar-refractivity contribution in [1.29, 1.82) is 0 Å². The first-order valence-corrected chi connectivity index (χ1v) is 18.7. The Kier molecular flexibility index (Phi) is 10.5. The number of hydrogen-bond donors (Lipinski definition) is 3. The van der Waals surface area contributed by atoms with Gasteiger partial charge in [-0.05, 0) is 80.8 Å². The Morgan fingerprint density at radius 3 is 2.34 bits per heavy atom. The highest BCUT2D eigenvalue weighted by molar-refractivity contribution is 7.89. The number of halogens is 6. The maximum atomic E-state index is 13.8. The molecule has 2 aliphatic heterocycles. The van der Waals surface area contributed by atoms with E-state index in [2.05, 4.69) is 27.4 Å². The maximum absolute atomic E-state index is 13.8. The molecule has 2 aromatic carbocycles. The zero-order valence-electron chi connectivity index (χ0n) is 27.1. The molecule has 3 aromatic rings. The Bertz CT molecular complexity index is 1850. The molecule has 3 fully saturated rings. The largest absolute Gasteiger partial charge is 0.482 e. The van der Waals surface area contributed by atoms with Gasteiger partial charge in [-0.1, -0.05) is 24.0 Å². The molecule has 1 aromatic heterocycles. The van der Waals surface area contributed by atoms with E-state index >= 15 is 0 Å². The molecule has 0 amide bonds. The summed E-state index contributed by atoms with van der Waals surface area (Å²) >= 11 is 1.16. The minimum atomic E-state index is -4.69. The van der Waals surface area contributed by atoms with Gasteiger partial charge >= 0.3 is 12.4 Å². The number of nitrogens with zero attached hydrogens (tertiary/aromatic N) is 1. The first-order valence-electron chi connectivity index (χ1n) is 16.4. The van der Waals surface area contributed by atoms with Gasteiger partial charge in [0.15, 0.2) is 6.61 Å². The van der Waals surface area contributed by atoms with Gasteiger partial charge in [0.2, 0.25) is 10.0 Å². The summed E-state index contributed by atoms with van der Waals surface area (Å²) in [6, 6.07) is 9.13. The van der Waals surface area contributed by atoms with Crippen LogP contribution in [0.3, 0.4) is 0 Å². The fraction of sp³-hybridized carbons (Fsp3) is 0.529. The van der Waals surface area contributed by atoms with Crippen molar-refractivity contribution in [1.82, 2.24) is 4.90 Å². The number of likely N-dealkylation sites (tertiary alicyclic amines) is 1. The van der Waals surface area contributed by atoms with Crippen molar-refractivity contribution in [2.75, 3.05) is 50.1 Å². The standard InChI is InChI=1S/C34H38F6N4O4S2/c35-33(36,37)18-26-25-3-1-4-28(43-22-6-8-23(9-7-22)44-15-12-32(13-16-44)19-47-20-32)31(25)49-30(26)5-2-14-42-27-11-10-24(50(41,45)46)17-29(27)48-21-34(38,39)40/h1,3-4,10-11,17,22-23,42-43H,6-9,12-16,18-21H2,(H2,41,45,46). The van der Waals surface area contributed by atoms with E-state index in [1.165, 1.54) is 18.9 Å². The van der Waals surface area contributed by atoms with Crippen LogP contribution in [-0.4, -0.2) is 77.2 Å². The average molecular weight is 745 g/mol. The molecule has 2 saturated heterocycles. The van der Waals surface area contributed by atoms with Crippen LogP contribution in [0.15, 0.2) is 41.3 Å². The van der Waals surface area contributed by atoms with Crippen molar-refractivity contribution in [3.05, 3.63) is 46.8 Å². The van der Waals surface area contributed by atoms with Crippen molar-refractivity contribution in [3.63, 3.8) is 0 Å². The predicted molar refractivity (Wildman–Crippen MR) is 180 cm³/mol. The van der Waals surface area contributed by atoms with Gasteiger partial charge in [-0.3, -0.25) is 0 Å². The molecule has 16 heteroatoms. The monoisotopic (exact) mass is 744 g/mol. The number of primary sulfonamides is 1. The van der Waals surface area contributed by atoms with Gasteiger partial charge < -0.3 is 25.0 Å². The van der Waals surface area contributed by atoms with E-state index in [0.717, 1.165) is 81.1 Å². The number of anilines is 2. The average Bonchev–Trinajstić information content (AvgIpc) is 3.37. The molecule has 3 aliphatic rings. The number of thiophene rings is 1. The Morgan fingerprint density at radius 2 is 1.72 bits per heavy atom. The molecule has 272 valence electrons. The third-order valence-electron chi connectivity index (χ3n) is 9.69. The molecule has 0 bridgehead atoms. The summed E-state index contributed by atoms with van der Waals surface area (Å²) in [5.74, 6) is 5.16. The Hall–Kier alpha value is -3.23. The lowest BCUT2D eigenvalue weighted by Crippen LogP contribution is -2.53. The molecule has 0 unspecified atom stereocenters. The highest BCUT2D eigenvalue weighted by Gasteiger charge is 2.42. The number of sulfonamides is 1. The summed E-state index contributed by atoms with van der Waals surface area (Å²) in [5.41, 5.74) is 1.21. The first kappa shape index (κ1) is 36.6. The van der Waals surface area contributed by atoms with E-state index in [1.807, 2.05) is 6.07 Å². The number of piperidine rings is 1. The maximum Gasteiger partial charge on any atom is 0.422 e. The zero-order valence-corrected chi connectivity index (χ0v) is 28.7. The van der Waals surface area contributed by atoms with E-state index in [0.29, 0.717) is 21.5 Å². The molecule has 6 rings (SSSR count). The number of rotatable bonds is 9. The van der Waals surface area contributed by atoms with Crippen LogP contribution in [0.1, 0.15) is 49.0 Å². The third kappa shape index (κ3) is 8.97. The van der Waals surface area contributed by atoms with Crippen LogP contribution in [0, 0.1) is 17.3 Å². The van der Waals surface area contributed by atoms with Crippen molar-refractivity contribution >= 4 is 42.8 Å². The number of nitrogens with one attached hydrogen (secondary N) is 2. The van der Waals surface area contributed by atoms with Crippen LogP contribution in [0.2, 0.25) is 0 Å². The number of fused-ring (bicyclic) bond motifs is 1. The number of hydrogen-bond acceptors (Lipinski definition) is 8. The van der Waals surface area contributed by atoms with Crippen LogP contribution in [0.5, 0.6) is 5.75 Å². The summed E-state index contributed by atoms with van der Waals surface area (Å²) < 4.78 is 114. The van der Waals surface area contributed by atoms with Gasteiger partial charge in [0.25, 0.3) is 0 Å². The molecular weight excluding hydrogens is 707 g/mol. The second kappa shape index (κ2) is 14.4. The van der Waals surface area contributed by atoms with Crippen LogP contribution in [0.4, 0.5) is 37.7 Å². The van der Waals surface area contributed by atoms with Crippen molar-refractivity contribution < 1.29 is 44.2 Å². The molecule has 50 heavy (non-hydrogen) atoms. The van der Waals surface area contributed by atoms with E-state index in [4.69, 9.17) is 14.6 Å². The third-order valence-corrected chi connectivity index (χ3v) is 11.8. The van der Waals surface area contributed by atoms with Crippen LogP contribution in [-0.2, 0) is 21.2 Å². The molecule has 3 heterocycles. The minimum Gasteiger partial charge on any atom is -0.482 e. The molecular formula is C34H38F6N4O4S2. The fourth-order valence-corrected chi connectivity index (χ4v) is 8.68. The van der Waals surface area contributed by atoms with Gasteiger partial charge in [-0.2, -0.15) is 26.3 Å². The SMILES string of the molecule is NS(=O)(=O)c1ccc(NCC#Cc2sc3c(NC4CCC(N5CCC6(CC5)COC6)CC4)cccc3c2CC(F)(F)F)c(OCC(F)(F)F)c1. The molecule has 0 atom stereocenters. The second-order valence-electron chi connectivity index (χ2n) is 13.3. The summed E-state index contributed by atoms with van der Waals surface area (Å²) in [7, 11) is -4.23. The fourth-order valence-electron chi connectivity index (χ4n) is 6.98. The quantitative estimate of drug-likeness (QED) is 0.162. The summed E-state index contributed by atoms with van der Waals surface area (Å²) in [5, 5.41) is 11.9. The lowest BCUT2D eigenvalue weighted by atomic mass is 9.76. The molecule has 1 saturated carbocycles. The van der Waals surface area contributed by atoms with Crippen molar-refractivity contribution in [2.24, 2.45) is 10.6 Å². The van der Waals surface area contributed by atoms with Gasteiger partial charge in [-0.25, -0.2) is 13.6 Å². The van der Waals surface area contributed by atoms with Crippen LogP contribution >= 0.6 is 11.3 Å². The highest BCUT2D eigenvalue weighted by Crippen LogP contribution is 2.42. The molecule has 8 nitrogen and oxygen atoms in total. The number of ether oxygens (including phenoxy) is 2. The molecule has 4 N–H and O–H groups in total. The van der Waals surface area contributed by atoms with Gasteiger partial charge in [0.1, 0.15) is 5.75 Å². The number of nitrogens with two attached hydrogens (primary N) is 1. The Labute approximate surface area is 290 Å². The molecule has 1 spiro atoms. The first-order chi connectivity index (χ1) is 23.6. The smallest absolute Gasteiger partial charge is 0.422 e. The van der Waals surface area contributed by atoms with Crippen molar-refractivity contribution in [3.8, 4) is 17.6 Å². The van der Waals surface area contributed by atoms with E-state index in [-0.39, 0.29) is 28.7 Å².